The Morgan fingerprint density at radius 3 is 2.49 bits per heavy atom. The van der Waals surface area contributed by atoms with Crippen molar-refractivity contribution in [1.82, 2.24) is 14.9 Å². The second-order valence-corrected chi connectivity index (χ2v) is 11.1. The van der Waals surface area contributed by atoms with Gasteiger partial charge in [-0.2, -0.15) is 0 Å². The van der Waals surface area contributed by atoms with Crippen molar-refractivity contribution in [3.63, 3.8) is 0 Å². The summed E-state index contributed by atoms with van der Waals surface area (Å²) in [5.41, 5.74) is 8.44. The summed E-state index contributed by atoms with van der Waals surface area (Å²) in [6.07, 6.45) is 5.12. The van der Waals surface area contributed by atoms with Gasteiger partial charge in [0.05, 0.1) is 18.5 Å². The van der Waals surface area contributed by atoms with Gasteiger partial charge in [-0.25, -0.2) is 9.97 Å². The van der Waals surface area contributed by atoms with Crippen LogP contribution in [0, 0.1) is 18.3 Å². The van der Waals surface area contributed by atoms with Gasteiger partial charge in [0.1, 0.15) is 5.82 Å². The van der Waals surface area contributed by atoms with Gasteiger partial charge >= 0.3 is 0 Å². The first-order valence-electron chi connectivity index (χ1n) is 12.9. The van der Waals surface area contributed by atoms with Gasteiger partial charge in [-0.1, -0.05) is 36.7 Å². The van der Waals surface area contributed by atoms with Crippen molar-refractivity contribution in [2.75, 3.05) is 43.4 Å². The number of hydrogen-bond acceptors (Lipinski definition) is 6. The highest BCUT2D eigenvalue weighted by Gasteiger charge is 2.47. The van der Waals surface area contributed by atoms with E-state index in [0.29, 0.717) is 36.3 Å². The number of nitrogens with zero attached hydrogens (tertiary/aromatic N) is 4. The third kappa shape index (κ3) is 5.67. The van der Waals surface area contributed by atoms with Crippen LogP contribution in [0.4, 0.5) is 11.5 Å². The van der Waals surface area contributed by atoms with Crippen LogP contribution in [-0.2, 0) is 4.79 Å². The van der Waals surface area contributed by atoms with E-state index < -0.39 is 0 Å². The highest BCUT2D eigenvalue weighted by atomic mass is 35.5. The van der Waals surface area contributed by atoms with Crippen LogP contribution >= 0.6 is 11.6 Å². The molecule has 0 bridgehead atoms. The molecule has 2 aliphatic heterocycles. The molecule has 0 aliphatic carbocycles. The molecule has 7 nitrogen and oxygen atoms in total. The van der Waals surface area contributed by atoms with E-state index >= 15 is 0 Å². The lowest BCUT2D eigenvalue weighted by Gasteiger charge is -2.34. The first-order chi connectivity index (χ1) is 17.8. The van der Waals surface area contributed by atoms with Crippen molar-refractivity contribution in [1.29, 1.82) is 0 Å². The second-order valence-electron chi connectivity index (χ2n) is 10.7. The predicted molar refractivity (Wildman–Crippen MR) is 147 cm³/mol. The minimum atomic E-state index is -0.259. The Labute approximate surface area is 223 Å². The number of piperidine rings is 1. The minimum Gasteiger partial charge on any atom is -0.477 e. The van der Waals surface area contributed by atoms with E-state index in [0.717, 1.165) is 37.3 Å². The second kappa shape index (κ2) is 10.6. The van der Waals surface area contributed by atoms with Crippen molar-refractivity contribution in [3.8, 4) is 5.88 Å². The first kappa shape index (κ1) is 25.3. The van der Waals surface area contributed by atoms with E-state index in [1.165, 1.54) is 5.56 Å². The molecule has 37 heavy (non-hydrogen) atoms. The number of likely N-dealkylation sites (tertiary alicyclic amines) is 1. The Bertz CT molecular complexity index is 1210. The van der Waals surface area contributed by atoms with Crippen LogP contribution in [-0.4, -0.2) is 53.6 Å². The Kier molecular flexibility index (Phi) is 7.24. The molecule has 3 aromatic rings. The van der Waals surface area contributed by atoms with Crippen molar-refractivity contribution >= 4 is 29.0 Å². The molecule has 5 rings (SSSR count). The number of amides is 1. The molecular weight excluding hydrogens is 486 g/mol. The lowest BCUT2D eigenvalue weighted by molar-refractivity contribution is -0.135. The number of halogens is 1. The summed E-state index contributed by atoms with van der Waals surface area (Å²) in [5.74, 6) is 1.91. The van der Waals surface area contributed by atoms with Crippen LogP contribution in [0.15, 0.2) is 60.9 Å². The summed E-state index contributed by atoms with van der Waals surface area (Å²) < 4.78 is 6.17. The Morgan fingerprint density at radius 2 is 1.84 bits per heavy atom. The molecule has 8 heteroatoms. The zero-order chi connectivity index (χ0) is 26.0. The number of nitrogens with two attached hydrogens (primary N) is 1. The normalized spacial score (nSPS) is 22.3. The Hall–Kier alpha value is -3.32. The molecule has 0 radical (unpaired) electrons. The van der Waals surface area contributed by atoms with Gasteiger partial charge < -0.3 is 20.3 Å². The molecule has 4 heterocycles. The number of anilines is 2. The van der Waals surface area contributed by atoms with E-state index in [1.807, 2.05) is 54.4 Å². The van der Waals surface area contributed by atoms with Gasteiger partial charge in [0, 0.05) is 60.7 Å². The summed E-state index contributed by atoms with van der Waals surface area (Å²) in [7, 11) is 0. The maximum Gasteiger partial charge on any atom is 0.225 e. The van der Waals surface area contributed by atoms with Crippen LogP contribution in [0.5, 0.6) is 5.88 Å². The molecular formula is C29H34ClN5O2. The number of carbonyl (C=O) groups excluding carboxylic acids is 1. The average molecular weight is 520 g/mol. The van der Waals surface area contributed by atoms with Crippen LogP contribution in [0.2, 0.25) is 5.02 Å². The van der Waals surface area contributed by atoms with Crippen LogP contribution in [0.3, 0.4) is 0 Å². The quantitative estimate of drug-likeness (QED) is 0.496. The van der Waals surface area contributed by atoms with E-state index in [1.54, 1.807) is 6.20 Å². The molecule has 2 aliphatic rings. The third-order valence-corrected chi connectivity index (χ3v) is 8.01. The highest BCUT2D eigenvalue weighted by Crippen LogP contribution is 2.44. The fraction of sp³-hybridized carbons (Fsp3) is 0.414. The molecule has 2 fully saturated rings. The van der Waals surface area contributed by atoms with Gasteiger partial charge in [-0.05, 0) is 55.2 Å². The highest BCUT2D eigenvalue weighted by molar-refractivity contribution is 6.30. The summed E-state index contributed by atoms with van der Waals surface area (Å²) >= 11 is 6.18. The first-order valence-corrected chi connectivity index (χ1v) is 13.2. The summed E-state index contributed by atoms with van der Waals surface area (Å²) in [6.45, 7) is 7.62. The standard InChI is InChI=1S/C29H34ClN5O2/c1-20-3-10-27(33-15-20)37-19-29(2)18-35(17-25(29)21-4-6-23(30)7-5-21)28(36)22-11-13-34(14-12-22)26-9-8-24(31)16-32-26/h3-10,15-16,22,25H,11-14,17-19,31H2,1-2H3/t25-,29-/m1/s1. The summed E-state index contributed by atoms with van der Waals surface area (Å²) in [5, 5.41) is 0.707. The molecule has 0 spiro atoms. The zero-order valence-electron chi connectivity index (χ0n) is 21.4. The van der Waals surface area contributed by atoms with Gasteiger partial charge in [0.25, 0.3) is 0 Å². The maximum atomic E-state index is 13.7. The molecule has 1 amide bonds. The summed E-state index contributed by atoms with van der Waals surface area (Å²) in [6, 6.07) is 15.7. The fourth-order valence-corrected chi connectivity index (χ4v) is 5.67. The van der Waals surface area contributed by atoms with Gasteiger partial charge in [0.2, 0.25) is 11.8 Å². The molecule has 2 aromatic heterocycles. The number of benzene rings is 1. The lowest BCUT2D eigenvalue weighted by atomic mass is 9.77. The smallest absolute Gasteiger partial charge is 0.225 e. The van der Waals surface area contributed by atoms with E-state index in [4.69, 9.17) is 22.1 Å². The van der Waals surface area contributed by atoms with Crippen LogP contribution in [0.1, 0.15) is 36.8 Å². The molecule has 1 aromatic carbocycles. The largest absolute Gasteiger partial charge is 0.477 e. The van der Waals surface area contributed by atoms with Gasteiger partial charge in [-0.3, -0.25) is 4.79 Å². The number of ether oxygens (including phenoxy) is 1. The van der Waals surface area contributed by atoms with Crippen molar-refractivity contribution in [3.05, 3.63) is 77.1 Å². The average Bonchev–Trinajstić information content (AvgIpc) is 3.26. The van der Waals surface area contributed by atoms with Gasteiger partial charge in [-0.15, -0.1) is 0 Å². The van der Waals surface area contributed by atoms with Crippen LogP contribution in [0.25, 0.3) is 0 Å². The predicted octanol–water partition coefficient (Wildman–Crippen LogP) is 4.95. The lowest BCUT2D eigenvalue weighted by Crippen LogP contribution is -2.43. The molecule has 0 unspecified atom stereocenters. The van der Waals surface area contributed by atoms with E-state index in [9.17, 15) is 4.79 Å². The Balaban J connectivity index is 1.28. The number of nitrogen functional groups attached to an aromatic ring is 1. The topological polar surface area (TPSA) is 84.6 Å². The molecule has 2 N–H and O–H groups in total. The van der Waals surface area contributed by atoms with Crippen molar-refractivity contribution in [2.24, 2.45) is 11.3 Å². The zero-order valence-corrected chi connectivity index (χ0v) is 22.2. The summed E-state index contributed by atoms with van der Waals surface area (Å²) in [4.78, 5) is 26.9. The van der Waals surface area contributed by atoms with Gasteiger partial charge in [0.15, 0.2) is 0 Å². The fourth-order valence-electron chi connectivity index (χ4n) is 5.55. The number of carbonyl (C=O) groups is 1. The third-order valence-electron chi connectivity index (χ3n) is 7.75. The minimum absolute atomic E-state index is 0.0120. The molecule has 2 saturated heterocycles. The molecule has 2 atom stereocenters. The SMILES string of the molecule is Cc1ccc(OC[C@@]2(C)CN(C(=O)C3CCN(c4ccc(N)cn4)CC3)C[C@@H]2c2ccc(Cl)cc2)nc1. The molecule has 0 saturated carbocycles. The van der Waals surface area contributed by atoms with Crippen LogP contribution < -0.4 is 15.4 Å². The van der Waals surface area contributed by atoms with E-state index in [2.05, 4.69) is 33.9 Å². The number of aryl methyl sites for hydroxylation is 1. The van der Waals surface area contributed by atoms with Crippen molar-refractivity contribution in [2.45, 2.75) is 32.6 Å². The number of hydrogen-bond donors (Lipinski definition) is 1. The van der Waals surface area contributed by atoms with E-state index in [-0.39, 0.29) is 23.2 Å². The monoisotopic (exact) mass is 519 g/mol. The number of rotatable bonds is 6. The van der Waals surface area contributed by atoms with Crippen molar-refractivity contribution < 1.29 is 9.53 Å². The number of pyridine rings is 2. The molecule has 194 valence electrons. The Morgan fingerprint density at radius 1 is 1.08 bits per heavy atom. The maximum absolute atomic E-state index is 13.7. The number of aromatic nitrogens is 2.